The third-order valence-electron chi connectivity index (χ3n) is 7.25. The molecule has 5 atom stereocenters. The van der Waals surface area contributed by atoms with Crippen LogP contribution in [0.15, 0.2) is 23.3 Å². The summed E-state index contributed by atoms with van der Waals surface area (Å²) in [6, 6.07) is 5.28. The van der Waals surface area contributed by atoms with Crippen LogP contribution in [0.2, 0.25) is 0 Å². The second-order valence-electron chi connectivity index (χ2n) is 11.2. The predicted molar refractivity (Wildman–Crippen MR) is 146 cm³/mol. The fourth-order valence-corrected chi connectivity index (χ4v) is 4.77. The van der Waals surface area contributed by atoms with Crippen LogP contribution in [0, 0.1) is 36.5 Å². The first-order valence-corrected chi connectivity index (χ1v) is 13.7. The van der Waals surface area contributed by atoms with Gasteiger partial charge in [-0.15, -0.1) is 0 Å². The van der Waals surface area contributed by atoms with Gasteiger partial charge in [-0.25, -0.2) is 0 Å². The lowest BCUT2D eigenvalue weighted by Crippen LogP contribution is -2.33. The molecule has 212 valence electrons. The number of cyclic esters (lactones) is 1. The Hall–Kier alpha value is -2.77. The number of methoxy groups -OCH3 is 1. The highest BCUT2D eigenvalue weighted by atomic mass is 16.6. The minimum absolute atomic E-state index is 0.0710. The lowest BCUT2D eigenvalue weighted by molar-refractivity contribution is -0.157. The second kappa shape index (κ2) is 15.0. The molecule has 0 bridgehead atoms. The molecule has 0 saturated carbocycles. The molecule has 0 spiro atoms. The van der Waals surface area contributed by atoms with Gasteiger partial charge in [0.2, 0.25) is 0 Å². The molecule has 0 N–H and O–H groups in total. The zero-order valence-electron chi connectivity index (χ0n) is 24.2. The molecule has 38 heavy (non-hydrogen) atoms. The second-order valence-corrected chi connectivity index (χ2v) is 11.2. The molecule has 1 aliphatic rings. The van der Waals surface area contributed by atoms with Crippen molar-refractivity contribution >= 4 is 11.9 Å². The molecule has 1 fully saturated rings. The summed E-state index contributed by atoms with van der Waals surface area (Å²) in [4.78, 5) is 28.4. The van der Waals surface area contributed by atoms with E-state index >= 15 is 0 Å². The van der Waals surface area contributed by atoms with Crippen LogP contribution in [0.5, 0.6) is 5.75 Å². The molecule has 0 aliphatic carbocycles. The maximum atomic E-state index is 12.9. The van der Waals surface area contributed by atoms with Crippen LogP contribution in [0.1, 0.15) is 78.0 Å². The third kappa shape index (κ3) is 8.63. The van der Waals surface area contributed by atoms with E-state index in [1.54, 1.807) is 21.0 Å². The summed E-state index contributed by atoms with van der Waals surface area (Å²) in [6.07, 6.45) is 0.558. The standard InChI is InChI=1S/C29H45N3O6/c1-17(2)22(15-24(31-32-30)26-16-23(18(3)4)29(34)37-26)27(38-28(33)19(5)6)21-11-10-20(7)25(14-21)36-13-9-12-35-8/h10-11,14,17-19,22-24,26-27H,9,12-13,15-16H2,1-8H3/t22-,23-,24-,26-,27?/m0/s1. The summed E-state index contributed by atoms with van der Waals surface area (Å²) in [5, 5.41) is 4.06. The van der Waals surface area contributed by atoms with Gasteiger partial charge in [0.1, 0.15) is 18.0 Å². The van der Waals surface area contributed by atoms with Gasteiger partial charge in [0.15, 0.2) is 0 Å². The molecular weight excluding hydrogens is 486 g/mol. The van der Waals surface area contributed by atoms with E-state index in [2.05, 4.69) is 23.9 Å². The van der Waals surface area contributed by atoms with Gasteiger partial charge in [-0.05, 0) is 54.3 Å². The predicted octanol–water partition coefficient (Wildman–Crippen LogP) is 6.58. The molecule has 0 amide bonds. The number of benzene rings is 1. The number of carbonyl (C=O) groups is 2. The smallest absolute Gasteiger partial charge is 0.309 e. The molecule has 0 radical (unpaired) electrons. The summed E-state index contributed by atoms with van der Waals surface area (Å²) in [5.41, 5.74) is 11.1. The maximum Gasteiger partial charge on any atom is 0.309 e. The monoisotopic (exact) mass is 531 g/mol. The molecule has 1 unspecified atom stereocenters. The highest BCUT2D eigenvalue weighted by Crippen LogP contribution is 2.40. The normalized spacial score (nSPS) is 19.7. The van der Waals surface area contributed by atoms with Crippen molar-refractivity contribution in [2.24, 2.45) is 34.7 Å². The van der Waals surface area contributed by atoms with Gasteiger partial charge in [-0.1, -0.05) is 58.8 Å². The topological polar surface area (TPSA) is 120 Å². The van der Waals surface area contributed by atoms with E-state index in [4.69, 9.17) is 18.9 Å². The van der Waals surface area contributed by atoms with E-state index < -0.39 is 18.2 Å². The molecular formula is C29H45N3O6. The number of esters is 2. The van der Waals surface area contributed by atoms with Crippen LogP contribution in [-0.2, 0) is 23.8 Å². The van der Waals surface area contributed by atoms with Gasteiger partial charge in [0, 0.05) is 31.0 Å². The maximum absolute atomic E-state index is 12.9. The Morgan fingerprint density at radius 2 is 1.89 bits per heavy atom. The van der Waals surface area contributed by atoms with E-state index in [1.807, 2.05) is 39.0 Å². The van der Waals surface area contributed by atoms with Crippen LogP contribution >= 0.6 is 0 Å². The van der Waals surface area contributed by atoms with E-state index in [0.29, 0.717) is 26.1 Å². The number of carbonyl (C=O) groups excluding carboxylic acids is 2. The Morgan fingerprint density at radius 3 is 2.45 bits per heavy atom. The Balaban J connectivity index is 2.42. The fourth-order valence-electron chi connectivity index (χ4n) is 4.77. The fraction of sp³-hybridized carbons (Fsp3) is 0.724. The molecule has 1 aromatic carbocycles. The van der Waals surface area contributed by atoms with Crippen molar-refractivity contribution in [3.63, 3.8) is 0 Å². The van der Waals surface area contributed by atoms with Gasteiger partial charge < -0.3 is 18.9 Å². The SMILES string of the molecule is COCCCOc1cc(C(OC(=O)C(C)C)[C@@H](C[C@H](N=[N+]=[N-])[C@@H]2C[C@@H](C(C)C)C(=O)O2)C(C)C)ccc1C. The average Bonchev–Trinajstić information content (AvgIpc) is 3.25. The number of hydrogen-bond donors (Lipinski definition) is 0. The number of rotatable bonds is 15. The Bertz CT molecular complexity index is 973. The molecule has 0 aromatic heterocycles. The Morgan fingerprint density at radius 1 is 1.18 bits per heavy atom. The van der Waals surface area contributed by atoms with E-state index in [9.17, 15) is 15.1 Å². The van der Waals surface area contributed by atoms with Crippen molar-refractivity contribution in [3.05, 3.63) is 39.8 Å². The van der Waals surface area contributed by atoms with Crippen LogP contribution < -0.4 is 4.74 Å². The summed E-state index contributed by atoms with van der Waals surface area (Å²) in [7, 11) is 1.66. The lowest BCUT2D eigenvalue weighted by atomic mass is 9.79. The van der Waals surface area contributed by atoms with Crippen molar-refractivity contribution in [2.45, 2.75) is 86.0 Å². The number of nitrogens with zero attached hydrogens (tertiary/aromatic N) is 3. The largest absolute Gasteiger partial charge is 0.493 e. The van der Waals surface area contributed by atoms with Crippen LogP contribution in [-0.4, -0.2) is 44.4 Å². The number of aryl methyl sites for hydroxylation is 1. The molecule has 2 rings (SSSR count). The molecule has 9 nitrogen and oxygen atoms in total. The van der Waals surface area contributed by atoms with Gasteiger partial charge in [-0.2, -0.15) is 0 Å². The Labute approximate surface area is 227 Å². The van der Waals surface area contributed by atoms with E-state index in [1.165, 1.54) is 0 Å². The van der Waals surface area contributed by atoms with Gasteiger partial charge >= 0.3 is 11.9 Å². The van der Waals surface area contributed by atoms with E-state index in [-0.39, 0.29) is 41.5 Å². The molecule has 1 aromatic rings. The molecule has 9 heteroatoms. The highest BCUT2D eigenvalue weighted by Gasteiger charge is 2.42. The van der Waals surface area contributed by atoms with Crippen molar-refractivity contribution < 1.29 is 28.5 Å². The quantitative estimate of drug-likeness (QED) is 0.0829. The summed E-state index contributed by atoms with van der Waals surface area (Å²) < 4.78 is 23.0. The summed E-state index contributed by atoms with van der Waals surface area (Å²) in [6.45, 7) is 14.8. The first kappa shape index (κ1) is 31.4. The van der Waals surface area contributed by atoms with Crippen LogP contribution in [0.4, 0.5) is 0 Å². The van der Waals surface area contributed by atoms with Crippen LogP contribution in [0.3, 0.4) is 0 Å². The van der Waals surface area contributed by atoms with Crippen molar-refractivity contribution in [1.29, 1.82) is 0 Å². The zero-order valence-corrected chi connectivity index (χ0v) is 24.2. The summed E-state index contributed by atoms with van der Waals surface area (Å²) >= 11 is 0. The van der Waals surface area contributed by atoms with E-state index in [0.717, 1.165) is 23.3 Å². The minimum atomic E-state index is -0.596. The average molecular weight is 532 g/mol. The highest BCUT2D eigenvalue weighted by molar-refractivity contribution is 5.75. The van der Waals surface area contributed by atoms with Crippen molar-refractivity contribution in [3.8, 4) is 5.75 Å². The van der Waals surface area contributed by atoms with Crippen LogP contribution in [0.25, 0.3) is 10.4 Å². The van der Waals surface area contributed by atoms with Crippen molar-refractivity contribution in [2.75, 3.05) is 20.3 Å². The first-order valence-electron chi connectivity index (χ1n) is 13.7. The zero-order chi connectivity index (χ0) is 28.4. The number of hydrogen-bond acceptors (Lipinski definition) is 7. The molecule has 1 heterocycles. The van der Waals surface area contributed by atoms with Crippen molar-refractivity contribution in [1.82, 2.24) is 0 Å². The van der Waals surface area contributed by atoms with Gasteiger partial charge in [-0.3, -0.25) is 9.59 Å². The first-order chi connectivity index (χ1) is 18.0. The third-order valence-corrected chi connectivity index (χ3v) is 7.25. The van der Waals surface area contributed by atoms with Gasteiger partial charge in [0.05, 0.1) is 24.5 Å². The molecule has 1 saturated heterocycles. The summed E-state index contributed by atoms with van der Waals surface area (Å²) in [5.74, 6) is -0.361. The minimum Gasteiger partial charge on any atom is -0.493 e. The number of azide groups is 1. The Kier molecular flexibility index (Phi) is 12.4. The number of ether oxygens (including phenoxy) is 4. The molecule has 1 aliphatic heterocycles. The van der Waals surface area contributed by atoms with Gasteiger partial charge in [0.25, 0.3) is 0 Å². The lowest BCUT2D eigenvalue weighted by Gasteiger charge is -2.34.